The molecule has 0 aliphatic carbocycles. The van der Waals surface area contributed by atoms with Crippen LogP contribution in [0.25, 0.3) is 0 Å². The summed E-state index contributed by atoms with van der Waals surface area (Å²) in [5, 5.41) is 14.5. The fourth-order valence-electron chi connectivity index (χ4n) is 3.79. The Labute approximate surface area is 221 Å². The summed E-state index contributed by atoms with van der Waals surface area (Å²) in [4.78, 5) is 0. The average Bonchev–Trinajstić information content (AvgIpc) is 2.59. The summed E-state index contributed by atoms with van der Waals surface area (Å²) in [5.41, 5.74) is 2.66. The standard InChI is InChI=1S/C31H47O4P/c1-19-15-21(28(3,4)5)16-20(2)25(19)27(32)36-26-23(34-30(9,10)11)17-22(33-29(6,7)8)18-24(26)35-31(12,13)14/h15-18,32H,1-14H3/p-1. The van der Waals surface area contributed by atoms with Crippen molar-refractivity contribution in [1.82, 2.24) is 0 Å². The molecular formula is C31H46O4P-. The van der Waals surface area contributed by atoms with Gasteiger partial charge in [0, 0.05) is 12.1 Å². The molecule has 2 rings (SSSR count). The number of hydrogen-bond donors (Lipinski definition) is 0. The zero-order valence-electron chi connectivity index (χ0n) is 24.9. The minimum atomic E-state index is -0.465. The van der Waals surface area contributed by atoms with E-state index in [0.29, 0.717) is 30.8 Å². The van der Waals surface area contributed by atoms with Crippen LogP contribution >= 0.6 is 8.20 Å². The highest BCUT2D eigenvalue weighted by atomic mass is 31.1. The predicted octanol–water partition coefficient (Wildman–Crippen LogP) is 7.24. The van der Waals surface area contributed by atoms with Crippen molar-refractivity contribution in [3.8, 4) is 17.2 Å². The lowest BCUT2D eigenvalue weighted by molar-refractivity contribution is -0.207. The Balaban J connectivity index is 2.81. The van der Waals surface area contributed by atoms with Crippen molar-refractivity contribution in [2.24, 2.45) is 0 Å². The van der Waals surface area contributed by atoms with E-state index < -0.39 is 16.8 Å². The molecule has 0 saturated carbocycles. The Kier molecular flexibility index (Phi) is 8.71. The molecule has 2 aromatic carbocycles. The molecule has 0 spiro atoms. The number of benzene rings is 2. The first kappa shape index (κ1) is 30.2. The van der Waals surface area contributed by atoms with Gasteiger partial charge in [-0.25, -0.2) is 0 Å². The third kappa shape index (κ3) is 8.82. The minimum absolute atomic E-state index is 0.0130. The first-order valence-corrected chi connectivity index (χ1v) is 13.6. The maximum Gasteiger partial charge on any atom is 0.139 e. The Morgan fingerprint density at radius 1 is 0.639 bits per heavy atom. The Hall–Kier alpha value is -2.03. The second kappa shape index (κ2) is 10.4. The first-order valence-electron chi connectivity index (χ1n) is 12.7. The number of ether oxygens (including phenoxy) is 3. The summed E-state index contributed by atoms with van der Waals surface area (Å²) in [5.74, 6) is 1.84. The van der Waals surface area contributed by atoms with Crippen LogP contribution < -0.4 is 24.6 Å². The summed E-state index contributed by atoms with van der Waals surface area (Å²) >= 11 is 0. The fourth-order valence-corrected chi connectivity index (χ4v) is 4.90. The van der Waals surface area contributed by atoms with Crippen LogP contribution in [0.2, 0.25) is 0 Å². The molecule has 0 aliphatic heterocycles. The zero-order chi connectivity index (χ0) is 27.9. The van der Waals surface area contributed by atoms with Gasteiger partial charge in [0.2, 0.25) is 0 Å². The molecule has 0 fully saturated rings. The summed E-state index contributed by atoms with van der Waals surface area (Å²) in [7, 11) is 0.498. The molecule has 0 saturated heterocycles. The molecule has 2 aromatic rings. The van der Waals surface area contributed by atoms with Gasteiger partial charge in [-0.05, 0) is 104 Å². The molecule has 36 heavy (non-hydrogen) atoms. The van der Waals surface area contributed by atoms with Crippen molar-refractivity contribution in [1.29, 1.82) is 0 Å². The van der Waals surface area contributed by atoms with Gasteiger partial charge < -0.3 is 19.3 Å². The highest BCUT2D eigenvalue weighted by Gasteiger charge is 2.24. The Morgan fingerprint density at radius 2 is 1.03 bits per heavy atom. The molecule has 0 radical (unpaired) electrons. The van der Waals surface area contributed by atoms with Crippen molar-refractivity contribution in [3.63, 3.8) is 0 Å². The SMILES string of the molecule is Cc1cc(C(C)(C)C)cc(C)c1C([O-])=Pc1c(OC(C)(C)C)cc(OC(C)(C)C)cc1OC(C)(C)C. The van der Waals surface area contributed by atoms with Crippen LogP contribution in [0.15, 0.2) is 24.3 Å². The molecule has 0 aromatic heterocycles. The minimum Gasteiger partial charge on any atom is -0.823 e. The second-order valence-corrected chi connectivity index (χ2v) is 14.6. The second-order valence-electron chi connectivity index (χ2n) is 13.6. The van der Waals surface area contributed by atoms with Gasteiger partial charge in [-0.1, -0.05) is 41.1 Å². The maximum absolute atomic E-state index is 13.8. The largest absolute Gasteiger partial charge is 0.823 e. The summed E-state index contributed by atoms with van der Waals surface area (Å²) < 4.78 is 19.0. The molecule has 200 valence electrons. The third-order valence-corrected chi connectivity index (χ3v) is 6.19. The highest BCUT2D eigenvalue weighted by molar-refractivity contribution is 7.49. The van der Waals surface area contributed by atoms with E-state index in [1.54, 1.807) is 0 Å². The van der Waals surface area contributed by atoms with Crippen LogP contribution in [0.4, 0.5) is 0 Å². The van der Waals surface area contributed by atoms with Crippen molar-refractivity contribution in [3.05, 3.63) is 46.5 Å². The fraction of sp³-hybridized carbons (Fsp3) is 0.581. The third-order valence-electron chi connectivity index (χ3n) is 5.10. The highest BCUT2D eigenvalue weighted by Crippen LogP contribution is 2.36. The van der Waals surface area contributed by atoms with Gasteiger partial charge in [-0.2, -0.15) is 0 Å². The summed E-state index contributed by atoms with van der Waals surface area (Å²) in [6.07, 6.45) is 0. The van der Waals surface area contributed by atoms with Crippen molar-refractivity contribution in [2.45, 2.75) is 119 Å². The van der Waals surface area contributed by atoms with E-state index in [9.17, 15) is 5.11 Å². The van der Waals surface area contributed by atoms with Crippen LogP contribution in [-0.2, 0) is 5.41 Å². The van der Waals surface area contributed by atoms with Crippen LogP contribution in [0, 0.1) is 13.8 Å². The molecule has 0 amide bonds. The van der Waals surface area contributed by atoms with E-state index in [-0.39, 0.29) is 10.9 Å². The molecule has 0 heterocycles. The van der Waals surface area contributed by atoms with Gasteiger partial charge in [-0.15, -0.1) is 5.48 Å². The van der Waals surface area contributed by atoms with Crippen LogP contribution in [-0.4, -0.2) is 22.3 Å². The van der Waals surface area contributed by atoms with E-state index in [1.165, 1.54) is 5.56 Å². The quantitative estimate of drug-likeness (QED) is 0.395. The van der Waals surface area contributed by atoms with E-state index in [2.05, 4.69) is 32.9 Å². The Bertz CT molecular complexity index is 1060. The van der Waals surface area contributed by atoms with E-state index in [4.69, 9.17) is 14.2 Å². The molecule has 0 aliphatic rings. The van der Waals surface area contributed by atoms with Gasteiger partial charge in [0.15, 0.2) is 0 Å². The van der Waals surface area contributed by atoms with Gasteiger partial charge in [-0.3, -0.25) is 0 Å². The monoisotopic (exact) mass is 513 g/mol. The van der Waals surface area contributed by atoms with Crippen LogP contribution in [0.5, 0.6) is 17.2 Å². The molecule has 4 nitrogen and oxygen atoms in total. The van der Waals surface area contributed by atoms with Crippen LogP contribution in [0.3, 0.4) is 0 Å². The molecule has 0 unspecified atom stereocenters. The first-order chi connectivity index (χ1) is 16.1. The number of hydrogen-bond acceptors (Lipinski definition) is 4. The van der Waals surface area contributed by atoms with Gasteiger partial charge in [0.05, 0.1) is 5.30 Å². The predicted molar refractivity (Wildman–Crippen MR) is 153 cm³/mol. The average molecular weight is 514 g/mol. The smallest absolute Gasteiger partial charge is 0.139 e. The van der Waals surface area contributed by atoms with Gasteiger partial charge in [0.25, 0.3) is 0 Å². The van der Waals surface area contributed by atoms with E-state index in [0.717, 1.165) is 16.7 Å². The molecule has 5 heteroatoms. The lowest BCUT2D eigenvalue weighted by Crippen LogP contribution is -2.30. The topological polar surface area (TPSA) is 50.8 Å². The summed E-state index contributed by atoms with van der Waals surface area (Å²) in [6.45, 7) is 28.6. The lowest BCUT2D eigenvalue weighted by Gasteiger charge is -2.30. The van der Waals surface area contributed by atoms with Crippen molar-refractivity contribution < 1.29 is 19.3 Å². The van der Waals surface area contributed by atoms with Gasteiger partial charge >= 0.3 is 0 Å². The number of aryl methyl sites for hydroxylation is 2. The zero-order valence-corrected chi connectivity index (χ0v) is 25.8. The number of rotatable bonds is 5. The van der Waals surface area contributed by atoms with Crippen molar-refractivity contribution in [2.75, 3.05) is 0 Å². The normalized spacial score (nSPS) is 13.6. The molecular weight excluding hydrogens is 467 g/mol. The van der Waals surface area contributed by atoms with Gasteiger partial charge in [0.1, 0.15) is 34.1 Å². The molecule has 0 bridgehead atoms. The van der Waals surface area contributed by atoms with E-state index >= 15 is 0 Å². The Morgan fingerprint density at radius 3 is 1.36 bits per heavy atom. The maximum atomic E-state index is 13.8. The van der Waals surface area contributed by atoms with E-state index in [1.807, 2.05) is 88.3 Å². The summed E-state index contributed by atoms with van der Waals surface area (Å²) in [6, 6.07) is 8.03. The van der Waals surface area contributed by atoms with Crippen LogP contribution in [0.1, 0.15) is 105 Å². The lowest BCUT2D eigenvalue weighted by atomic mass is 9.84. The molecule has 0 N–H and O–H groups in total. The van der Waals surface area contributed by atoms with Crippen molar-refractivity contribution >= 4 is 19.0 Å². The molecule has 0 atom stereocenters.